The van der Waals surface area contributed by atoms with E-state index < -0.39 is 0 Å². The number of rotatable bonds is 2. The highest BCUT2D eigenvalue weighted by molar-refractivity contribution is 4.51. The van der Waals surface area contributed by atoms with Crippen LogP contribution in [0.1, 0.15) is 27.7 Å². The average molecular weight is 120 g/mol. The molecule has 2 atom stereocenters. The molecule has 0 aromatic heterocycles. The van der Waals surface area contributed by atoms with E-state index >= 15 is 0 Å². The first-order valence-electron chi connectivity index (χ1n) is 2.49. The molecule has 0 bridgehead atoms. The fraction of sp³-hybridized carbons (Fsp3) is 1.00. The van der Waals surface area contributed by atoms with E-state index in [0.717, 1.165) is 0 Å². The minimum Gasteiger partial charge on any atom is -0.393 e. The smallest absolute Gasteiger partial charge is 0.0536 e. The Kier molecular flexibility index (Phi) is 6.85. The zero-order valence-corrected chi connectivity index (χ0v) is 4.76. The van der Waals surface area contributed by atoms with Gasteiger partial charge < -0.3 is 10.2 Å². The van der Waals surface area contributed by atoms with Gasteiger partial charge in [0.25, 0.3) is 0 Å². The molecule has 0 saturated carbocycles. The Bertz CT molecular complexity index is 35.8. The first kappa shape index (κ1) is 10.8. The number of aliphatic hydroxyl groups excluding tert-OH is 2. The molecule has 8 heavy (non-hydrogen) atoms. The lowest BCUT2D eigenvalue weighted by Crippen LogP contribution is -2.10. The zero-order valence-electron chi connectivity index (χ0n) is 4.76. The minimum absolute atomic E-state index is 0. The summed E-state index contributed by atoms with van der Waals surface area (Å²) < 4.78 is 0. The van der Waals surface area contributed by atoms with Gasteiger partial charge in [-0.1, -0.05) is 7.43 Å². The molecule has 0 amide bonds. The molecule has 0 aliphatic carbocycles. The van der Waals surface area contributed by atoms with Crippen LogP contribution in [0.25, 0.3) is 0 Å². The van der Waals surface area contributed by atoms with E-state index in [2.05, 4.69) is 0 Å². The Morgan fingerprint density at radius 3 is 1.38 bits per heavy atom. The van der Waals surface area contributed by atoms with E-state index in [0.29, 0.717) is 6.42 Å². The third-order valence-corrected chi connectivity index (χ3v) is 0.682. The summed E-state index contributed by atoms with van der Waals surface area (Å²) in [4.78, 5) is 0. The maximum Gasteiger partial charge on any atom is 0.0536 e. The van der Waals surface area contributed by atoms with E-state index in [9.17, 15) is 0 Å². The van der Waals surface area contributed by atoms with Crippen LogP contribution >= 0.6 is 0 Å². The molecule has 52 valence electrons. The van der Waals surface area contributed by atoms with Crippen molar-refractivity contribution >= 4 is 0 Å². The van der Waals surface area contributed by atoms with Crippen molar-refractivity contribution in [2.24, 2.45) is 0 Å². The molecule has 2 nitrogen and oxygen atoms in total. The average Bonchev–Trinajstić information content (AvgIpc) is 1.27. The number of aliphatic hydroxyl groups is 2. The quantitative estimate of drug-likeness (QED) is 0.565. The lowest BCUT2D eigenvalue weighted by molar-refractivity contribution is 0.102. The molecule has 0 saturated heterocycles. The van der Waals surface area contributed by atoms with Gasteiger partial charge in [0.05, 0.1) is 12.2 Å². The Morgan fingerprint density at radius 1 is 1.12 bits per heavy atom. The van der Waals surface area contributed by atoms with Crippen molar-refractivity contribution < 1.29 is 10.2 Å². The van der Waals surface area contributed by atoms with Crippen molar-refractivity contribution in [2.75, 3.05) is 0 Å². The fourth-order valence-electron chi connectivity index (χ4n) is 0.494. The molecule has 2 N–H and O–H groups in total. The second-order valence-electron chi connectivity index (χ2n) is 1.93. The molecule has 0 aromatic carbocycles. The van der Waals surface area contributed by atoms with E-state index in [1.165, 1.54) is 0 Å². The third-order valence-electron chi connectivity index (χ3n) is 0.682. The summed E-state index contributed by atoms with van der Waals surface area (Å²) >= 11 is 0. The van der Waals surface area contributed by atoms with Gasteiger partial charge in [-0.15, -0.1) is 0 Å². The van der Waals surface area contributed by atoms with Gasteiger partial charge in [0.1, 0.15) is 0 Å². The van der Waals surface area contributed by atoms with Gasteiger partial charge in [0.15, 0.2) is 0 Å². The highest BCUT2D eigenvalue weighted by Gasteiger charge is 1.98. The summed E-state index contributed by atoms with van der Waals surface area (Å²) in [5.74, 6) is 0. The molecular weight excluding hydrogens is 104 g/mol. The second kappa shape index (κ2) is 5.06. The monoisotopic (exact) mass is 120 g/mol. The van der Waals surface area contributed by atoms with Gasteiger partial charge in [-0.25, -0.2) is 0 Å². The lowest BCUT2D eigenvalue weighted by Gasteiger charge is -2.04. The molecule has 0 aliphatic heterocycles. The van der Waals surface area contributed by atoms with E-state index in [4.69, 9.17) is 10.2 Å². The Labute approximate surface area is 51.2 Å². The van der Waals surface area contributed by atoms with Gasteiger partial charge in [0.2, 0.25) is 0 Å². The van der Waals surface area contributed by atoms with Crippen molar-refractivity contribution in [3.63, 3.8) is 0 Å². The molecule has 0 fully saturated rings. The lowest BCUT2D eigenvalue weighted by atomic mass is 10.2. The topological polar surface area (TPSA) is 40.5 Å². The molecule has 0 heterocycles. The highest BCUT2D eigenvalue weighted by Crippen LogP contribution is 1.93. The van der Waals surface area contributed by atoms with Gasteiger partial charge >= 0.3 is 0 Å². The molecular formula is C6H16O2. The maximum absolute atomic E-state index is 8.56. The predicted octanol–water partition coefficient (Wildman–Crippen LogP) is 0.774. The summed E-state index contributed by atoms with van der Waals surface area (Å²) in [6.07, 6.45) is -0.278. The van der Waals surface area contributed by atoms with Crippen molar-refractivity contribution in [2.45, 2.75) is 39.9 Å². The van der Waals surface area contributed by atoms with Crippen molar-refractivity contribution in [1.29, 1.82) is 0 Å². The number of hydrogen-bond donors (Lipinski definition) is 2. The summed E-state index contributed by atoms with van der Waals surface area (Å²) in [7, 11) is 0. The minimum atomic E-state index is -0.375. The molecule has 0 spiro atoms. The SMILES string of the molecule is C.CC(O)CC(C)O. The predicted molar refractivity (Wildman–Crippen MR) is 34.7 cm³/mol. The van der Waals surface area contributed by atoms with Gasteiger partial charge in [-0.2, -0.15) is 0 Å². The van der Waals surface area contributed by atoms with Crippen LogP contribution in [0.15, 0.2) is 0 Å². The van der Waals surface area contributed by atoms with Crippen LogP contribution in [0.5, 0.6) is 0 Å². The van der Waals surface area contributed by atoms with Crippen molar-refractivity contribution in [3.05, 3.63) is 0 Å². The van der Waals surface area contributed by atoms with Crippen LogP contribution in [0.4, 0.5) is 0 Å². The first-order chi connectivity index (χ1) is 3.13. The standard InChI is InChI=1S/C5H12O2.CH4/c1-4(6)3-5(2)7;/h4-7H,3H2,1-2H3;1H4. The summed E-state index contributed by atoms with van der Waals surface area (Å²) in [5, 5.41) is 17.1. The van der Waals surface area contributed by atoms with E-state index in [1.54, 1.807) is 13.8 Å². The normalized spacial score (nSPS) is 16.5. The fourth-order valence-corrected chi connectivity index (χ4v) is 0.494. The highest BCUT2D eigenvalue weighted by atomic mass is 16.3. The molecule has 2 heteroatoms. The largest absolute Gasteiger partial charge is 0.393 e. The van der Waals surface area contributed by atoms with Gasteiger partial charge in [-0.05, 0) is 20.3 Å². The van der Waals surface area contributed by atoms with Crippen LogP contribution in [0.3, 0.4) is 0 Å². The van der Waals surface area contributed by atoms with Crippen LogP contribution in [-0.4, -0.2) is 22.4 Å². The summed E-state index contributed by atoms with van der Waals surface area (Å²) in [6, 6.07) is 0. The first-order valence-corrected chi connectivity index (χ1v) is 2.49. The van der Waals surface area contributed by atoms with Crippen LogP contribution in [0.2, 0.25) is 0 Å². The van der Waals surface area contributed by atoms with Crippen LogP contribution < -0.4 is 0 Å². The Hall–Kier alpha value is -0.0800. The van der Waals surface area contributed by atoms with Gasteiger partial charge in [0, 0.05) is 0 Å². The third kappa shape index (κ3) is 9.33. The zero-order chi connectivity index (χ0) is 5.86. The molecule has 0 rings (SSSR count). The summed E-state index contributed by atoms with van der Waals surface area (Å²) in [5.41, 5.74) is 0. The Balaban J connectivity index is 0. The second-order valence-corrected chi connectivity index (χ2v) is 1.93. The van der Waals surface area contributed by atoms with E-state index in [1.807, 2.05) is 0 Å². The Morgan fingerprint density at radius 2 is 1.38 bits per heavy atom. The molecule has 2 unspecified atom stereocenters. The molecule has 0 aliphatic rings. The summed E-state index contributed by atoms with van der Waals surface area (Å²) in [6.45, 7) is 3.32. The number of hydrogen-bond acceptors (Lipinski definition) is 2. The van der Waals surface area contributed by atoms with Crippen molar-refractivity contribution in [3.8, 4) is 0 Å². The van der Waals surface area contributed by atoms with Crippen LogP contribution in [0, 0.1) is 0 Å². The molecule has 0 radical (unpaired) electrons. The van der Waals surface area contributed by atoms with Crippen LogP contribution in [-0.2, 0) is 0 Å². The van der Waals surface area contributed by atoms with Gasteiger partial charge in [-0.3, -0.25) is 0 Å². The van der Waals surface area contributed by atoms with E-state index in [-0.39, 0.29) is 19.6 Å². The maximum atomic E-state index is 8.56. The molecule has 0 aromatic rings. The van der Waals surface area contributed by atoms with Crippen molar-refractivity contribution in [1.82, 2.24) is 0 Å².